The van der Waals surface area contributed by atoms with Crippen LogP contribution in [0.15, 0.2) is 29.6 Å². The minimum atomic E-state index is -0.613. The van der Waals surface area contributed by atoms with Gasteiger partial charge in [-0.3, -0.25) is 9.59 Å². The number of carbonyl (C=O) groups is 2. The van der Waals surface area contributed by atoms with E-state index in [9.17, 15) is 14.0 Å². The number of benzene rings is 1. The van der Waals surface area contributed by atoms with Crippen LogP contribution < -0.4 is 11.1 Å². The molecule has 0 aliphatic heterocycles. The molecule has 0 spiro atoms. The number of nitrogens with one attached hydrogen (secondary N) is 1. The van der Waals surface area contributed by atoms with E-state index in [1.165, 1.54) is 29.5 Å². The minimum absolute atomic E-state index is 0.194. The second-order valence-electron chi connectivity index (χ2n) is 4.11. The number of anilines is 1. The van der Waals surface area contributed by atoms with E-state index in [4.69, 9.17) is 5.73 Å². The van der Waals surface area contributed by atoms with Gasteiger partial charge in [0.25, 0.3) is 11.8 Å². The summed E-state index contributed by atoms with van der Waals surface area (Å²) in [5.41, 5.74) is 5.89. The van der Waals surface area contributed by atoms with E-state index in [1.54, 1.807) is 11.4 Å². The molecular weight excluding hydrogens is 313 g/mol. The molecule has 8 heteroatoms. The van der Waals surface area contributed by atoms with Crippen molar-refractivity contribution < 1.29 is 14.0 Å². The topological polar surface area (TPSA) is 85.1 Å². The molecule has 21 heavy (non-hydrogen) atoms. The van der Waals surface area contributed by atoms with Crippen LogP contribution in [0.25, 0.3) is 10.2 Å². The van der Waals surface area contributed by atoms with Gasteiger partial charge in [-0.2, -0.15) is 0 Å². The van der Waals surface area contributed by atoms with E-state index in [0.717, 1.165) is 11.3 Å². The highest BCUT2D eigenvalue weighted by atomic mass is 32.1. The Balaban J connectivity index is 1.90. The second-order valence-corrected chi connectivity index (χ2v) is 6.06. The molecule has 0 saturated heterocycles. The van der Waals surface area contributed by atoms with Crippen LogP contribution in [0, 0.1) is 5.82 Å². The molecule has 3 aromatic rings. The molecule has 2 aromatic heterocycles. The standard InChI is InChI=1S/C13H8FN3O2S2/c14-6-1-2-9-8(5-6)16-13(21-9)11(19)17-12-7(10(15)18)3-4-20-12/h1-5H,(H2,15,18)(H,17,19). The summed E-state index contributed by atoms with van der Waals surface area (Å²) in [5, 5.41) is 4.82. The number of amides is 2. The first-order valence-corrected chi connectivity index (χ1v) is 7.49. The van der Waals surface area contributed by atoms with Gasteiger partial charge in [0.05, 0.1) is 15.8 Å². The maximum absolute atomic E-state index is 13.1. The molecule has 0 unspecified atom stereocenters. The summed E-state index contributed by atoms with van der Waals surface area (Å²) in [4.78, 5) is 27.4. The number of fused-ring (bicyclic) bond motifs is 1. The molecule has 2 heterocycles. The number of primary amides is 1. The Kier molecular flexibility index (Phi) is 3.40. The first-order chi connectivity index (χ1) is 10.0. The van der Waals surface area contributed by atoms with E-state index in [1.807, 2.05) is 0 Å². The first-order valence-electron chi connectivity index (χ1n) is 5.79. The van der Waals surface area contributed by atoms with Gasteiger partial charge in [-0.1, -0.05) is 0 Å². The predicted molar refractivity (Wildman–Crippen MR) is 80.4 cm³/mol. The van der Waals surface area contributed by atoms with E-state index in [0.29, 0.717) is 15.2 Å². The smallest absolute Gasteiger partial charge is 0.285 e. The van der Waals surface area contributed by atoms with Crippen molar-refractivity contribution in [3.8, 4) is 0 Å². The highest BCUT2D eigenvalue weighted by Gasteiger charge is 2.17. The van der Waals surface area contributed by atoms with E-state index in [2.05, 4.69) is 10.3 Å². The van der Waals surface area contributed by atoms with Crippen LogP contribution in [0.3, 0.4) is 0 Å². The van der Waals surface area contributed by atoms with Gasteiger partial charge in [0.15, 0.2) is 5.01 Å². The number of nitrogens with zero attached hydrogens (tertiary/aromatic N) is 1. The zero-order valence-electron chi connectivity index (χ0n) is 10.4. The monoisotopic (exact) mass is 321 g/mol. The molecule has 0 aliphatic rings. The number of aromatic nitrogens is 1. The molecule has 0 radical (unpaired) electrons. The molecule has 0 saturated carbocycles. The quantitative estimate of drug-likeness (QED) is 0.778. The van der Waals surface area contributed by atoms with Gasteiger partial charge in [0.1, 0.15) is 10.8 Å². The Morgan fingerprint density at radius 1 is 1.29 bits per heavy atom. The number of halogens is 1. The maximum Gasteiger partial charge on any atom is 0.285 e. The SMILES string of the molecule is NC(=O)c1ccsc1NC(=O)c1nc2cc(F)ccc2s1. The zero-order valence-corrected chi connectivity index (χ0v) is 12.1. The summed E-state index contributed by atoms with van der Waals surface area (Å²) in [6.07, 6.45) is 0. The Labute approximate surface area is 126 Å². The number of hydrogen-bond acceptors (Lipinski definition) is 5. The highest BCUT2D eigenvalue weighted by molar-refractivity contribution is 7.20. The number of carbonyl (C=O) groups excluding carboxylic acids is 2. The van der Waals surface area contributed by atoms with Gasteiger partial charge >= 0.3 is 0 Å². The molecule has 0 aliphatic carbocycles. The highest BCUT2D eigenvalue weighted by Crippen LogP contribution is 2.26. The van der Waals surface area contributed by atoms with Crippen molar-refractivity contribution in [2.45, 2.75) is 0 Å². The lowest BCUT2D eigenvalue weighted by Crippen LogP contribution is -2.16. The van der Waals surface area contributed by atoms with Crippen molar-refractivity contribution in [3.63, 3.8) is 0 Å². The predicted octanol–water partition coefficient (Wildman–Crippen LogP) is 2.85. The lowest BCUT2D eigenvalue weighted by molar-refractivity contribution is 0.100. The van der Waals surface area contributed by atoms with Crippen molar-refractivity contribution in [2.24, 2.45) is 5.73 Å². The third-order valence-electron chi connectivity index (χ3n) is 2.70. The Morgan fingerprint density at radius 2 is 2.10 bits per heavy atom. The van der Waals surface area contributed by atoms with Gasteiger partial charge in [0.2, 0.25) is 0 Å². The third-order valence-corrected chi connectivity index (χ3v) is 4.57. The molecule has 2 amide bonds. The van der Waals surface area contributed by atoms with E-state index < -0.39 is 17.6 Å². The average Bonchev–Trinajstić information content (AvgIpc) is 3.04. The number of hydrogen-bond donors (Lipinski definition) is 2. The van der Waals surface area contributed by atoms with Crippen molar-refractivity contribution in [3.05, 3.63) is 46.0 Å². The average molecular weight is 321 g/mol. The van der Waals surface area contributed by atoms with Crippen molar-refractivity contribution in [2.75, 3.05) is 5.32 Å². The molecule has 1 aromatic carbocycles. The normalized spacial score (nSPS) is 10.7. The molecule has 0 bridgehead atoms. The Bertz CT molecular complexity index is 856. The fourth-order valence-corrected chi connectivity index (χ4v) is 3.38. The fourth-order valence-electron chi connectivity index (χ4n) is 1.75. The van der Waals surface area contributed by atoms with Crippen LogP contribution in [-0.4, -0.2) is 16.8 Å². The van der Waals surface area contributed by atoms with Crippen LogP contribution in [0.4, 0.5) is 9.39 Å². The van der Waals surface area contributed by atoms with E-state index in [-0.39, 0.29) is 10.6 Å². The third kappa shape index (κ3) is 2.63. The van der Waals surface area contributed by atoms with Crippen LogP contribution in [0.2, 0.25) is 0 Å². The lowest BCUT2D eigenvalue weighted by Gasteiger charge is -2.01. The van der Waals surface area contributed by atoms with E-state index >= 15 is 0 Å². The summed E-state index contributed by atoms with van der Waals surface area (Å²) in [6, 6.07) is 5.69. The number of nitrogens with two attached hydrogens (primary N) is 1. The number of thiophene rings is 1. The summed E-state index contributed by atoms with van der Waals surface area (Å²) in [5.74, 6) is -1.48. The molecule has 5 nitrogen and oxygen atoms in total. The molecule has 3 rings (SSSR count). The van der Waals surface area contributed by atoms with Gasteiger partial charge in [-0.15, -0.1) is 22.7 Å². The lowest BCUT2D eigenvalue weighted by atomic mass is 10.3. The van der Waals surface area contributed by atoms with Gasteiger partial charge in [-0.05, 0) is 23.6 Å². The molecule has 106 valence electrons. The summed E-state index contributed by atoms with van der Waals surface area (Å²) in [7, 11) is 0. The zero-order chi connectivity index (χ0) is 15.0. The van der Waals surface area contributed by atoms with Crippen molar-refractivity contribution in [1.29, 1.82) is 0 Å². The van der Waals surface area contributed by atoms with Crippen molar-refractivity contribution >= 4 is 49.7 Å². The van der Waals surface area contributed by atoms with Crippen LogP contribution >= 0.6 is 22.7 Å². The molecule has 3 N–H and O–H groups in total. The molecule has 0 fully saturated rings. The first kappa shape index (κ1) is 13.7. The van der Waals surface area contributed by atoms with Gasteiger partial charge in [-0.25, -0.2) is 9.37 Å². The second kappa shape index (κ2) is 5.23. The fraction of sp³-hybridized carbons (Fsp3) is 0. The summed E-state index contributed by atoms with van der Waals surface area (Å²) < 4.78 is 13.8. The molecular formula is C13H8FN3O2S2. The Morgan fingerprint density at radius 3 is 2.86 bits per heavy atom. The Hall–Kier alpha value is -2.32. The number of thiazole rings is 1. The van der Waals surface area contributed by atoms with Gasteiger partial charge < -0.3 is 11.1 Å². The number of rotatable bonds is 3. The maximum atomic E-state index is 13.1. The summed E-state index contributed by atoms with van der Waals surface area (Å²) in [6.45, 7) is 0. The largest absolute Gasteiger partial charge is 0.366 e. The molecule has 0 atom stereocenters. The van der Waals surface area contributed by atoms with Crippen LogP contribution in [0.5, 0.6) is 0 Å². The van der Waals surface area contributed by atoms with Crippen LogP contribution in [0.1, 0.15) is 20.2 Å². The minimum Gasteiger partial charge on any atom is -0.366 e. The summed E-state index contributed by atoms with van der Waals surface area (Å²) >= 11 is 2.34. The van der Waals surface area contributed by atoms with Gasteiger partial charge in [0, 0.05) is 6.07 Å². The van der Waals surface area contributed by atoms with Crippen LogP contribution in [-0.2, 0) is 0 Å². The van der Waals surface area contributed by atoms with Crippen molar-refractivity contribution in [1.82, 2.24) is 4.98 Å².